The van der Waals surface area contributed by atoms with Gasteiger partial charge in [-0.1, -0.05) is 5.56 Å². The van der Waals surface area contributed by atoms with Crippen molar-refractivity contribution < 1.29 is 21.8 Å². The molecule has 2 aromatic carbocycles. The van der Waals surface area contributed by atoms with Crippen molar-refractivity contribution in [3.8, 4) is 0 Å². The van der Waals surface area contributed by atoms with Crippen molar-refractivity contribution in [3.63, 3.8) is 0 Å². The first-order chi connectivity index (χ1) is 7.34. The zero-order valence-corrected chi connectivity index (χ0v) is 10.3. The van der Waals surface area contributed by atoms with E-state index in [0.717, 1.165) is 5.56 Å². The molecular formula is C13H15FeNO. The van der Waals surface area contributed by atoms with Crippen molar-refractivity contribution in [2.24, 2.45) is 0 Å². The SMILES string of the molecule is CCOC(=N)[c-]1cccc1.[Fe+2].c1cc[cH-]c1. The van der Waals surface area contributed by atoms with Gasteiger partial charge < -0.3 is 4.74 Å². The third-order valence-corrected chi connectivity index (χ3v) is 1.77. The Hall–Kier alpha value is -1.31. The maximum absolute atomic E-state index is 7.32. The van der Waals surface area contributed by atoms with E-state index in [2.05, 4.69) is 0 Å². The van der Waals surface area contributed by atoms with Gasteiger partial charge in [0.1, 0.15) is 0 Å². The number of rotatable bonds is 2. The molecule has 0 bridgehead atoms. The smallest absolute Gasteiger partial charge is 0.488 e. The molecule has 0 saturated carbocycles. The molecule has 0 heterocycles. The Morgan fingerprint density at radius 2 is 1.75 bits per heavy atom. The van der Waals surface area contributed by atoms with E-state index in [-0.39, 0.29) is 23.0 Å². The predicted octanol–water partition coefficient (Wildman–Crippen LogP) is 3.17. The Morgan fingerprint density at radius 1 is 1.19 bits per heavy atom. The normalized spacial score (nSPS) is 8.31. The van der Waals surface area contributed by atoms with E-state index in [1.54, 1.807) is 0 Å². The molecule has 0 radical (unpaired) electrons. The third kappa shape index (κ3) is 5.54. The minimum Gasteiger partial charge on any atom is -0.488 e. The zero-order chi connectivity index (χ0) is 10.9. The van der Waals surface area contributed by atoms with Crippen LogP contribution in [-0.2, 0) is 21.8 Å². The van der Waals surface area contributed by atoms with E-state index in [1.165, 1.54) is 0 Å². The quantitative estimate of drug-likeness (QED) is 0.381. The van der Waals surface area contributed by atoms with Gasteiger partial charge in [0.25, 0.3) is 0 Å². The van der Waals surface area contributed by atoms with Crippen LogP contribution in [0, 0.1) is 5.41 Å². The van der Waals surface area contributed by atoms with Gasteiger partial charge in [0.15, 0.2) is 5.90 Å². The molecule has 3 heteroatoms. The summed E-state index contributed by atoms with van der Waals surface area (Å²) in [5.74, 6) is 0.257. The summed E-state index contributed by atoms with van der Waals surface area (Å²) in [6, 6.07) is 17.5. The largest absolute Gasteiger partial charge is 2.00 e. The van der Waals surface area contributed by atoms with E-state index in [9.17, 15) is 0 Å². The fourth-order valence-corrected chi connectivity index (χ4v) is 1.07. The van der Waals surface area contributed by atoms with Crippen molar-refractivity contribution in [1.29, 1.82) is 5.41 Å². The summed E-state index contributed by atoms with van der Waals surface area (Å²) in [6.07, 6.45) is 0. The first kappa shape index (κ1) is 14.7. The van der Waals surface area contributed by atoms with Gasteiger partial charge in [-0.2, -0.15) is 30.3 Å². The fraction of sp³-hybridized carbons (Fsp3) is 0.154. The molecule has 0 atom stereocenters. The van der Waals surface area contributed by atoms with Crippen LogP contribution in [0.15, 0.2) is 54.6 Å². The molecule has 0 aliphatic rings. The van der Waals surface area contributed by atoms with E-state index < -0.39 is 0 Å². The predicted molar refractivity (Wildman–Crippen MR) is 62.5 cm³/mol. The number of ether oxygens (including phenoxy) is 1. The fourth-order valence-electron chi connectivity index (χ4n) is 1.07. The summed E-state index contributed by atoms with van der Waals surface area (Å²) in [5, 5.41) is 7.32. The molecule has 0 spiro atoms. The monoisotopic (exact) mass is 257 g/mol. The molecule has 0 aliphatic heterocycles. The van der Waals surface area contributed by atoms with Crippen molar-refractivity contribution >= 4 is 5.90 Å². The number of nitrogens with one attached hydrogen (secondary N) is 1. The molecule has 0 unspecified atom stereocenters. The van der Waals surface area contributed by atoms with Gasteiger partial charge in [0, 0.05) is 0 Å². The number of hydrogen-bond acceptors (Lipinski definition) is 2. The van der Waals surface area contributed by atoms with Crippen LogP contribution >= 0.6 is 0 Å². The van der Waals surface area contributed by atoms with Crippen molar-refractivity contribution in [2.45, 2.75) is 6.92 Å². The molecular weight excluding hydrogens is 242 g/mol. The van der Waals surface area contributed by atoms with Crippen LogP contribution in [0.5, 0.6) is 0 Å². The Bertz CT molecular complexity index is 334. The average Bonchev–Trinajstić information content (AvgIpc) is 2.95. The van der Waals surface area contributed by atoms with Gasteiger partial charge in [-0.25, -0.2) is 24.3 Å². The van der Waals surface area contributed by atoms with E-state index in [1.807, 2.05) is 61.5 Å². The maximum atomic E-state index is 7.32. The van der Waals surface area contributed by atoms with Crippen LogP contribution in [-0.4, -0.2) is 12.5 Å². The summed E-state index contributed by atoms with van der Waals surface area (Å²) in [4.78, 5) is 0. The molecule has 0 aliphatic carbocycles. The second kappa shape index (κ2) is 8.95. The summed E-state index contributed by atoms with van der Waals surface area (Å²) < 4.78 is 4.97. The van der Waals surface area contributed by atoms with E-state index >= 15 is 0 Å². The summed E-state index contributed by atoms with van der Waals surface area (Å²) >= 11 is 0. The van der Waals surface area contributed by atoms with Crippen molar-refractivity contribution in [2.75, 3.05) is 6.61 Å². The Balaban J connectivity index is 0.000000318. The summed E-state index contributed by atoms with van der Waals surface area (Å²) in [7, 11) is 0. The Kier molecular flexibility index (Phi) is 8.22. The van der Waals surface area contributed by atoms with Crippen LogP contribution in [0.2, 0.25) is 0 Å². The number of hydrogen-bond donors (Lipinski definition) is 1. The Labute approximate surface area is 107 Å². The second-order valence-electron chi connectivity index (χ2n) is 2.90. The van der Waals surface area contributed by atoms with Gasteiger partial charge in [-0.15, -0.1) is 0 Å². The first-order valence-corrected chi connectivity index (χ1v) is 4.94. The van der Waals surface area contributed by atoms with E-state index in [4.69, 9.17) is 10.1 Å². The molecule has 2 aromatic rings. The maximum Gasteiger partial charge on any atom is 2.00 e. The van der Waals surface area contributed by atoms with Gasteiger partial charge in [0.2, 0.25) is 0 Å². The average molecular weight is 257 g/mol. The molecule has 2 nitrogen and oxygen atoms in total. The molecule has 0 saturated heterocycles. The standard InChI is InChI=1S/C8H10NO.C5H5.Fe/c1-2-10-8(9)7-5-3-4-6-7;1-2-4-5-3-1;/h3-6,9H,2H2,1H3;1-5H;/q2*-1;+2. The zero-order valence-electron chi connectivity index (χ0n) is 9.17. The Morgan fingerprint density at radius 3 is 2.12 bits per heavy atom. The van der Waals surface area contributed by atoms with Gasteiger partial charge >= 0.3 is 17.1 Å². The van der Waals surface area contributed by atoms with Crippen LogP contribution < -0.4 is 0 Å². The summed E-state index contributed by atoms with van der Waals surface area (Å²) in [6.45, 7) is 2.43. The topological polar surface area (TPSA) is 33.1 Å². The minimum absolute atomic E-state index is 0. The molecule has 0 fully saturated rings. The van der Waals surface area contributed by atoms with Crippen LogP contribution in [0.1, 0.15) is 12.5 Å². The van der Waals surface area contributed by atoms with Crippen LogP contribution in [0.25, 0.3) is 0 Å². The first-order valence-electron chi connectivity index (χ1n) is 4.94. The van der Waals surface area contributed by atoms with Gasteiger partial charge in [0.05, 0.1) is 6.61 Å². The molecule has 2 rings (SSSR count). The van der Waals surface area contributed by atoms with Crippen molar-refractivity contribution in [1.82, 2.24) is 0 Å². The van der Waals surface area contributed by atoms with Crippen LogP contribution in [0.4, 0.5) is 0 Å². The van der Waals surface area contributed by atoms with Gasteiger partial charge in [-0.3, -0.25) is 5.41 Å². The van der Waals surface area contributed by atoms with Crippen molar-refractivity contribution in [3.05, 3.63) is 60.2 Å². The van der Waals surface area contributed by atoms with E-state index in [0.29, 0.717) is 6.61 Å². The molecule has 16 heavy (non-hydrogen) atoms. The molecule has 86 valence electrons. The minimum atomic E-state index is 0. The second-order valence-corrected chi connectivity index (χ2v) is 2.90. The van der Waals surface area contributed by atoms with Crippen LogP contribution in [0.3, 0.4) is 0 Å². The molecule has 1 N–H and O–H groups in total. The van der Waals surface area contributed by atoms with Gasteiger partial charge in [-0.05, 0) is 6.92 Å². The summed E-state index contributed by atoms with van der Waals surface area (Å²) in [5.41, 5.74) is 0.849. The molecule has 0 amide bonds. The molecule has 0 aromatic heterocycles. The third-order valence-electron chi connectivity index (χ3n) is 1.77.